The van der Waals surface area contributed by atoms with Gasteiger partial charge in [0, 0.05) is 22.8 Å². The van der Waals surface area contributed by atoms with Crippen LogP contribution in [0.1, 0.15) is 15.9 Å². The summed E-state index contributed by atoms with van der Waals surface area (Å²) >= 11 is 0. The maximum absolute atomic E-state index is 12.9. The molecule has 0 atom stereocenters. The Kier molecular flexibility index (Phi) is 4.51. The molecule has 8 heteroatoms. The predicted molar refractivity (Wildman–Crippen MR) is 113 cm³/mol. The number of nitrogens with one attached hydrogen (secondary N) is 1. The number of benzene rings is 3. The van der Waals surface area contributed by atoms with E-state index in [0.29, 0.717) is 58.4 Å². The second kappa shape index (κ2) is 7.49. The Morgan fingerprint density at radius 2 is 1.65 bits per heavy atom. The average molecular weight is 415 g/mol. The summed E-state index contributed by atoms with van der Waals surface area (Å²) in [6.07, 6.45) is -0.877. The smallest absolute Gasteiger partial charge is 0.409 e. The number of aromatic amines is 1. The number of imidazole rings is 1. The maximum atomic E-state index is 12.9. The van der Waals surface area contributed by atoms with Crippen LogP contribution in [0, 0.1) is 0 Å². The van der Waals surface area contributed by atoms with Crippen LogP contribution in [-0.2, 0) is 0 Å². The minimum atomic E-state index is -0.877. The first kappa shape index (κ1) is 18.7. The van der Waals surface area contributed by atoms with Crippen LogP contribution in [-0.4, -0.2) is 35.1 Å². The van der Waals surface area contributed by atoms with Crippen molar-refractivity contribution in [2.24, 2.45) is 5.73 Å². The molecule has 4 aromatic rings. The molecule has 1 aliphatic heterocycles. The zero-order valence-electron chi connectivity index (χ0n) is 16.3. The molecule has 0 saturated carbocycles. The van der Waals surface area contributed by atoms with Gasteiger partial charge in [0.05, 0.1) is 11.0 Å². The monoisotopic (exact) mass is 415 g/mol. The molecule has 0 fully saturated rings. The number of carbonyl (C=O) groups is 2. The molecule has 154 valence electrons. The Morgan fingerprint density at radius 3 is 2.42 bits per heavy atom. The van der Waals surface area contributed by atoms with Gasteiger partial charge in [-0.3, -0.25) is 4.79 Å². The van der Waals surface area contributed by atoms with Gasteiger partial charge in [0.1, 0.15) is 24.8 Å². The van der Waals surface area contributed by atoms with Crippen molar-refractivity contribution in [2.45, 2.75) is 0 Å². The highest BCUT2D eigenvalue weighted by molar-refractivity contribution is 6.09. The summed E-state index contributed by atoms with van der Waals surface area (Å²) in [5.41, 5.74) is 8.35. The lowest BCUT2D eigenvalue weighted by Crippen LogP contribution is -2.16. The lowest BCUT2D eigenvalue weighted by atomic mass is 10.0. The number of aromatic nitrogens is 2. The number of fused-ring (bicyclic) bond motifs is 2. The van der Waals surface area contributed by atoms with Crippen molar-refractivity contribution >= 4 is 22.9 Å². The molecule has 1 aliphatic rings. The van der Waals surface area contributed by atoms with Gasteiger partial charge in [-0.2, -0.15) is 0 Å². The summed E-state index contributed by atoms with van der Waals surface area (Å²) in [5.74, 6) is 2.07. The van der Waals surface area contributed by atoms with Crippen LogP contribution in [0.25, 0.3) is 22.4 Å². The average Bonchev–Trinajstić information content (AvgIpc) is 3.21. The fraction of sp³-hybridized carbons (Fsp3) is 0.0870. The van der Waals surface area contributed by atoms with Crippen molar-refractivity contribution in [3.8, 4) is 28.6 Å². The number of nitrogens with zero attached hydrogens (tertiary/aromatic N) is 1. The van der Waals surface area contributed by atoms with Crippen molar-refractivity contribution in [2.75, 3.05) is 13.2 Å². The van der Waals surface area contributed by atoms with Gasteiger partial charge in [0.2, 0.25) is 0 Å². The second-order valence-electron chi connectivity index (χ2n) is 6.95. The zero-order valence-corrected chi connectivity index (χ0v) is 16.3. The lowest BCUT2D eigenvalue weighted by Gasteiger charge is -2.18. The van der Waals surface area contributed by atoms with Gasteiger partial charge in [-0.15, -0.1) is 0 Å². The van der Waals surface area contributed by atoms with E-state index in [0.717, 1.165) is 5.56 Å². The normalized spacial score (nSPS) is 12.5. The molecule has 1 aromatic heterocycles. The molecule has 0 aliphatic carbocycles. The van der Waals surface area contributed by atoms with Gasteiger partial charge in [-0.1, -0.05) is 24.3 Å². The van der Waals surface area contributed by atoms with Crippen LogP contribution in [0.2, 0.25) is 0 Å². The number of hydrogen-bond donors (Lipinski definition) is 2. The fourth-order valence-electron chi connectivity index (χ4n) is 3.44. The highest BCUT2D eigenvalue weighted by atomic mass is 16.6. The van der Waals surface area contributed by atoms with E-state index in [9.17, 15) is 9.59 Å². The molecule has 2 heterocycles. The Balaban J connectivity index is 1.39. The Bertz CT molecular complexity index is 1310. The van der Waals surface area contributed by atoms with Crippen LogP contribution in [0.15, 0.2) is 60.7 Å². The van der Waals surface area contributed by atoms with Crippen LogP contribution < -0.4 is 19.9 Å². The molecule has 8 nitrogen and oxygen atoms in total. The number of rotatable bonds is 4. The number of hydrogen-bond acceptors (Lipinski definition) is 6. The minimum Gasteiger partial charge on any atom is -0.486 e. The van der Waals surface area contributed by atoms with E-state index >= 15 is 0 Å². The van der Waals surface area contributed by atoms with Gasteiger partial charge in [-0.05, 0) is 30.3 Å². The largest absolute Gasteiger partial charge is 0.486 e. The third kappa shape index (κ3) is 3.66. The molecule has 3 aromatic carbocycles. The van der Waals surface area contributed by atoms with E-state index in [-0.39, 0.29) is 5.78 Å². The predicted octanol–water partition coefficient (Wildman–Crippen LogP) is 3.69. The third-order valence-corrected chi connectivity index (χ3v) is 4.90. The van der Waals surface area contributed by atoms with Gasteiger partial charge < -0.3 is 24.9 Å². The van der Waals surface area contributed by atoms with Crippen molar-refractivity contribution in [1.82, 2.24) is 9.97 Å². The quantitative estimate of drug-likeness (QED) is 0.491. The summed E-state index contributed by atoms with van der Waals surface area (Å²) in [5, 5.41) is 0. The summed E-state index contributed by atoms with van der Waals surface area (Å²) in [4.78, 5) is 31.5. The number of ketones is 1. The van der Waals surface area contributed by atoms with Gasteiger partial charge in [-0.25, -0.2) is 9.78 Å². The highest BCUT2D eigenvalue weighted by Gasteiger charge is 2.16. The van der Waals surface area contributed by atoms with Crippen molar-refractivity contribution < 1.29 is 23.8 Å². The van der Waals surface area contributed by atoms with E-state index in [1.54, 1.807) is 48.5 Å². The molecule has 3 N–H and O–H groups in total. The summed E-state index contributed by atoms with van der Waals surface area (Å²) in [6, 6.07) is 17.3. The number of ether oxygens (including phenoxy) is 3. The molecular formula is C23H17N3O5. The SMILES string of the molecule is NC(=O)Oc1ccc2nc(-c3ccc(C(=O)c4ccc5c(c4)OCCO5)cc3)[nH]c2c1. The zero-order chi connectivity index (χ0) is 21.4. The van der Waals surface area contributed by atoms with Crippen LogP contribution in [0.5, 0.6) is 17.2 Å². The first-order chi connectivity index (χ1) is 15.1. The van der Waals surface area contributed by atoms with E-state index in [2.05, 4.69) is 9.97 Å². The second-order valence-corrected chi connectivity index (χ2v) is 6.95. The van der Waals surface area contributed by atoms with E-state index in [1.165, 1.54) is 0 Å². The third-order valence-electron chi connectivity index (χ3n) is 4.90. The first-order valence-corrected chi connectivity index (χ1v) is 9.59. The standard InChI is InChI=1S/C23H17N3O5/c24-23(28)31-16-6-7-17-18(12-16)26-22(25-17)14-3-1-13(2-4-14)21(27)15-5-8-19-20(11-15)30-10-9-29-19/h1-8,11-12H,9-10H2,(H2,24,28)(H,25,26). The fourth-order valence-corrected chi connectivity index (χ4v) is 3.44. The first-order valence-electron chi connectivity index (χ1n) is 9.59. The van der Waals surface area contributed by atoms with Crippen LogP contribution >= 0.6 is 0 Å². The van der Waals surface area contributed by atoms with E-state index in [1.807, 2.05) is 12.1 Å². The van der Waals surface area contributed by atoms with Crippen LogP contribution in [0.3, 0.4) is 0 Å². The molecule has 0 radical (unpaired) electrons. The summed E-state index contributed by atoms with van der Waals surface area (Å²) in [7, 11) is 0. The molecule has 0 spiro atoms. The number of nitrogens with two attached hydrogens (primary N) is 1. The van der Waals surface area contributed by atoms with Crippen LogP contribution in [0.4, 0.5) is 4.79 Å². The molecular weight excluding hydrogens is 398 g/mol. The molecule has 31 heavy (non-hydrogen) atoms. The summed E-state index contributed by atoms with van der Waals surface area (Å²) in [6.45, 7) is 0.968. The topological polar surface area (TPSA) is 117 Å². The van der Waals surface area contributed by atoms with Gasteiger partial charge >= 0.3 is 6.09 Å². The van der Waals surface area contributed by atoms with E-state index < -0.39 is 6.09 Å². The Morgan fingerprint density at radius 1 is 0.903 bits per heavy atom. The number of carbonyl (C=O) groups excluding carboxylic acids is 2. The molecule has 1 amide bonds. The molecule has 5 rings (SSSR count). The summed E-state index contributed by atoms with van der Waals surface area (Å²) < 4.78 is 16.0. The lowest BCUT2D eigenvalue weighted by molar-refractivity contribution is 0.103. The van der Waals surface area contributed by atoms with Crippen molar-refractivity contribution in [3.05, 3.63) is 71.8 Å². The van der Waals surface area contributed by atoms with Gasteiger partial charge in [0.25, 0.3) is 0 Å². The molecule has 0 saturated heterocycles. The molecule has 0 bridgehead atoms. The number of primary amides is 1. The van der Waals surface area contributed by atoms with Gasteiger partial charge in [0.15, 0.2) is 17.3 Å². The van der Waals surface area contributed by atoms with Crippen molar-refractivity contribution in [1.29, 1.82) is 0 Å². The minimum absolute atomic E-state index is 0.110. The maximum Gasteiger partial charge on any atom is 0.409 e. The Hall–Kier alpha value is -4.33. The molecule has 0 unspecified atom stereocenters. The van der Waals surface area contributed by atoms with Crippen molar-refractivity contribution in [3.63, 3.8) is 0 Å². The number of amides is 1. The van der Waals surface area contributed by atoms with E-state index in [4.69, 9.17) is 19.9 Å². The Labute approximate surface area is 176 Å². The highest BCUT2D eigenvalue weighted by Crippen LogP contribution is 2.31. The number of H-pyrrole nitrogens is 1.